The smallest absolute Gasteiger partial charge is 0.157 e. The van der Waals surface area contributed by atoms with Crippen LogP contribution < -0.4 is 0 Å². The van der Waals surface area contributed by atoms with Crippen LogP contribution in [0.4, 0.5) is 0 Å². The third-order valence-corrected chi connectivity index (χ3v) is 3.11. The number of benzene rings is 2. The van der Waals surface area contributed by atoms with Crippen LogP contribution in [0.2, 0.25) is 0 Å². The van der Waals surface area contributed by atoms with Gasteiger partial charge in [0.2, 0.25) is 0 Å². The lowest BCUT2D eigenvalue weighted by Gasteiger charge is -2.06. The van der Waals surface area contributed by atoms with Gasteiger partial charge in [-0.2, -0.15) is 0 Å². The quantitative estimate of drug-likeness (QED) is 0.843. The van der Waals surface area contributed by atoms with Crippen molar-refractivity contribution in [2.75, 3.05) is 0 Å². The Balaban J connectivity index is 2.42. The second-order valence-electron chi connectivity index (χ2n) is 4.04. The van der Waals surface area contributed by atoms with Crippen molar-refractivity contribution in [3.05, 3.63) is 59.7 Å². The second-order valence-corrected chi connectivity index (χ2v) is 4.97. The molecule has 1 unspecified atom stereocenters. The minimum absolute atomic E-state index is 0.182. The van der Waals surface area contributed by atoms with Gasteiger partial charge in [-0.05, 0) is 23.6 Å². The second kappa shape index (κ2) is 5.25. The van der Waals surface area contributed by atoms with Gasteiger partial charge in [0.15, 0.2) is 11.1 Å². The lowest BCUT2D eigenvalue weighted by molar-refractivity contribution is 0.563. The maximum absolute atomic E-state index is 10.8. The third kappa shape index (κ3) is 3.25. The zero-order chi connectivity index (χ0) is 12.3. The SMILES string of the molecule is Cc1cc(CS(=O)O)cc(-c2ccccc2)c1. The van der Waals surface area contributed by atoms with Crippen molar-refractivity contribution >= 4 is 11.1 Å². The van der Waals surface area contributed by atoms with Crippen LogP contribution in [0.25, 0.3) is 11.1 Å². The molecule has 0 spiro atoms. The molecule has 17 heavy (non-hydrogen) atoms. The van der Waals surface area contributed by atoms with E-state index >= 15 is 0 Å². The Morgan fingerprint density at radius 1 is 1.06 bits per heavy atom. The lowest BCUT2D eigenvalue weighted by Crippen LogP contribution is -1.94. The molecule has 0 saturated heterocycles. The summed E-state index contributed by atoms with van der Waals surface area (Å²) >= 11 is -1.79. The zero-order valence-electron chi connectivity index (χ0n) is 9.59. The van der Waals surface area contributed by atoms with Crippen LogP contribution >= 0.6 is 0 Å². The first-order valence-corrected chi connectivity index (χ1v) is 6.66. The normalized spacial score (nSPS) is 12.4. The molecule has 0 bridgehead atoms. The molecular weight excluding hydrogens is 232 g/mol. The topological polar surface area (TPSA) is 37.3 Å². The van der Waals surface area contributed by atoms with Gasteiger partial charge in [-0.25, -0.2) is 4.21 Å². The molecule has 0 saturated carbocycles. The highest BCUT2D eigenvalue weighted by molar-refractivity contribution is 7.78. The van der Waals surface area contributed by atoms with E-state index in [2.05, 4.69) is 6.07 Å². The predicted molar refractivity (Wildman–Crippen MR) is 71.1 cm³/mol. The first kappa shape index (κ1) is 12.0. The molecule has 2 nitrogen and oxygen atoms in total. The fraction of sp³-hybridized carbons (Fsp3) is 0.143. The maximum Gasteiger partial charge on any atom is 0.157 e. The molecule has 1 atom stereocenters. The van der Waals surface area contributed by atoms with E-state index < -0.39 is 11.1 Å². The van der Waals surface area contributed by atoms with Gasteiger partial charge < -0.3 is 4.55 Å². The Kier molecular flexibility index (Phi) is 3.71. The average molecular weight is 246 g/mol. The standard InChI is InChI=1S/C14H14O2S/c1-11-7-12(10-17(15)16)9-14(8-11)13-5-3-2-4-6-13/h2-9H,10H2,1H3,(H,15,16). The van der Waals surface area contributed by atoms with Crippen LogP contribution in [-0.4, -0.2) is 8.76 Å². The highest BCUT2D eigenvalue weighted by Gasteiger charge is 2.03. The summed E-state index contributed by atoms with van der Waals surface area (Å²) in [5.41, 5.74) is 4.21. The molecule has 0 aliphatic rings. The van der Waals surface area contributed by atoms with Crippen LogP contribution in [0.5, 0.6) is 0 Å². The molecule has 0 aliphatic carbocycles. The lowest BCUT2D eigenvalue weighted by atomic mass is 10.0. The van der Waals surface area contributed by atoms with Crippen molar-refractivity contribution in [3.63, 3.8) is 0 Å². The van der Waals surface area contributed by atoms with Gasteiger partial charge in [0.25, 0.3) is 0 Å². The summed E-state index contributed by atoms with van der Waals surface area (Å²) < 4.78 is 19.8. The van der Waals surface area contributed by atoms with Gasteiger partial charge in [-0.3, -0.25) is 0 Å². The van der Waals surface area contributed by atoms with E-state index in [0.29, 0.717) is 0 Å². The maximum atomic E-state index is 10.8. The molecule has 0 fully saturated rings. The summed E-state index contributed by atoms with van der Waals surface area (Å²) in [6, 6.07) is 16.0. The molecule has 0 radical (unpaired) electrons. The monoisotopic (exact) mass is 246 g/mol. The average Bonchev–Trinajstić information content (AvgIpc) is 2.28. The van der Waals surface area contributed by atoms with Gasteiger partial charge in [-0.1, -0.05) is 54.1 Å². The van der Waals surface area contributed by atoms with Gasteiger partial charge in [0, 0.05) is 0 Å². The molecule has 0 aliphatic heterocycles. The molecule has 0 heterocycles. The summed E-state index contributed by atoms with van der Waals surface area (Å²) in [6.07, 6.45) is 0. The summed E-state index contributed by atoms with van der Waals surface area (Å²) in [5.74, 6) is 0.182. The summed E-state index contributed by atoms with van der Waals surface area (Å²) in [7, 11) is 0. The molecule has 2 aromatic carbocycles. The van der Waals surface area contributed by atoms with Crippen molar-refractivity contribution in [2.45, 2.75) is 12.7 Å². The molecule has 88 valence electrons. The predicted octanol–water partition coefficient (Wildman–Crippen LogP) is 3.38. The van der Waals surface area contributed by atoms with Crippen molar-refractivity contribution in [1.82, 2.24) is 0 Å². The Bertz CT molecular complexity index is 535. The van der Waals surface area contributed by atoms with E-state index in [9.17, 15) is 4.21 Å². The number of hydrogen-bond donors (Lipinski definition) is 1. The largest absolute Gasteiger partial charge is 0.306 e. The van der Waals surface area contributed by atoms with Gasteiger partial charge in [0.05, 0.1) is 5.75 Å². The highest BCUT2D eigenvalue weighted by Crippen LogP contribution is 2.22. The zero-order valence-corrected chi connectivity index (χ0v) is 10.4. The van der Waals surface area contributed by atoms with Gasteiger partial charge in [0.1, 0.15) is 0 Å². The number of aryl methyl sites for hydroxylation is 1. The van der Waals surface area contributed by atoms with Crippen molar-refractivity contribution in [2.24, 2.45) is 0 Å². The van der Waals surface area contributed by atoms with Crippen molar-refractivity contribution in [1.29, 1.82) is 0 Å². The minimum atomic E-state index is -1.79. The highest BCUT2D eigenvalue weighted by atomic mass is 32.2. The van der Waals surface area contributed by atoms with Crippen molar-refractivity contribution in [3.8, 4) is 11.1 Å². The van der Waals surface area contributed by atoms with Gasteiger partial charge >= 0.3 is 0 Å². The van der Waals surface area contributed by atoms with E-state index in [-0.39, 0.29) is 5.75 Å². The third-order valence-electron chi connectivity index (χ3n) is 2.53. The van der Waals surface area contributed by atoms with Crippen LogP contribution in [-0.2, 0) is 16.8 Å². The first-order chi connectivity index (χ1) is 8.15. The minimum Gasteiger partial charge on any atom is -0.306 e. The molecular formula is C14H14O2S. The van der Waals surface area contributed by atoms with E-state index in [0.717, 1.165) is 22.3 Å². The fourth-order valence-electron chi connectivity index (χ4n) is 1.89. The fourth-order valence-corrected chi connectivity index (χ4v) is 2.34. The van der Waals surface area contributed by atoms with E-state index in [4.69, 9.17) is 4.55 Å². The van der Waals surface area contributed by atoms with E-state index in [1.165, 1.54) is 0 Å². The van der Waals surface area contributed by atoms with Crippen molar-refractivity contribution < 1.29 is 8.76 Å². The Morgan fingerprint density at radius 2 is 1.76 bits per heavy atom. The first-order valence-electron chi connectivity index (χ1n) is 5.38. The molecule has 1 N–H and O–H groups in total. The molecule has 0 aromatic heterocycles. The van der Waals surface area contributed by atoms with Crippen LogP contribution in [0, 0.1) is 6.92 Å². The molecule has 2 aromatic rings. The summed E-state index contributed by atoms with van der Waals surface area (Å²) in [6.45, 7) is 2.00. The molecule has 2 rings (SSSR count). The summed E-state index contributed by atoms with van der Waals surface area (Å²) in [5, 5.41) is 0. The van der Waals surface area contributed by atoms with Gasteiger partial charge in [-0.15, -0.1) is 0 Å². The van der Waals surface area contributed by atoms with Crippen LogP contribution in [0.3, 0.4) is 0 Å². The Morgan fingerprint density at radius 3 is 2.41 bits per heavy atom. The van der Waals surface area contributed by atoms with Crippen LogP contribution in [0.15, 0.2) is 48.5 Å². The summed E-state index contributed by atoms with van der Waals surface area (Å²) in [4.78, 5) is 0. The number of rotatable bonds is 3. The Hall–Kier alpha value is -1.45. The Labute approximate surface area is 104 Å². The number of hydrogen-bond acceptors (Lipinski definition) is 1. The molecule has 3 heteroatoms. The van der Waals surface area contributed by atoms with E-state index in [1.54, 1.807) is 0 Å². The van der Waals surface area contributed by atoms with E-state index in [1.807, 2.05) is 49.4 Å². The van der Waals surface area contributed by atoms with Crippen LogP contribution in [0.1, 0.15) is 11.1 Å². The molecule has 0 amide bonds.